The molecule has 1 heterocycles. The molecule has 146 valence electrons. The average Bonchev–Trinajstić information content (AvgIpc) is 2.95. The first-order valence-corrected chi connectivity index (χ1v) is 10.1. The van der Waals surface area contributed by atoms with Gasteiger partial charge in [-0.1, -0.05) is 45.7 Å². The lowest BCUT2D eigenvalue weighted by Crippen LogP contribution is -2.30. The van der Waals surface area contributed by atoms with Crippen LogP contribution >= 0.6 is 39.7 Å². The van der Waals surface area contributed by atoms with E-state index in [2.05, 4.69) is 21.2 Å². The van der Waals surface area contributed by atoms with Gasteiger partial charge in [0.1, 0.15) is 12.3 Å². The fourth-order valence-corrected chi connectivity index (χ4v) is 3.67. The Morgan fingerprint density at radius 1 is 1.29 bits per heavy atom. The highest BCUT2D eigenvalue weighted by Gasteiger charge is 2.29. The summed E-state index contributed by atoms with van der Waals surface area (Å²) in [4.78, 5) is 13.9. The van der Waals surface area contributed by atoms with Crippen molar-refractivity contribution in [2.75, 3.05) is 13.7 Å². The molecular formula is C20H18BrClN2O3S. The molecule has 1 amide bonds. The zero-order valence-corrected chi connectivity index (χ0v) is 18.5. The Balaban J connectivity index is 1.86. The van der Waals surface area contributed by atoms with E-state index in [-0.39, 0.29) is 5.91 Å². The van der Waals surface area contributed by atoms with Crippen LogP contribution < -0.4 is 14.8 Å². The number of ether oxygens (including phenoxy) is 2. The molecular weight excluding hydrogens is 464 g/mol. The number of carbonyl (C=O) groups excluding carboxylic acids is 1. The second-order valence-corrected chi connectivity index (χ2v) is 7.59. The lowest BCUT2D eigenvalue weighted by atomic mass is 10.1. The van der Waals surface area contributed by atoms with Crippen molar-refractivity contribution < 1.29 is 14.3 Å². The SMILES string of the molecule is CCN1C(=O)/C(=C/c2cc(OC)c(OCc3ccccc3Cl)cc2Br)NC1=S. The lowest BCUT2D eigenvalue weighted by molar-refractivity contribution is -0.122. The van der Waals surface area contributed by atoms with Gasteiger partial charge in [0, 0.05) is 21.6 Å². The summed E-state index contributed by atoms with van der Waals surface area (Å²) in [6.45, 7) is 2.70. The van der Waals surface area contributed by atoms with Gasteiger partial charge < -0.3 is 14.8 Å². The number of nitrogens with zero attached hydrogens (tertiary/aromatic N) is 1. The molecule has 0 unspecified atom stereocenters. The van der Waals surface area contributed by atoms with Gasteiger partial charge >= 0.3 is 0 Å². The van der Waals surface area contributed by atoms with Crippen molar-refractivity contribution in [1.82, 2.24) is 10.2 Å². The number of nitrogens with one attached hydrogen (secondary N) is 1. The van der Waals surface area contributed by atoms with E-state index in [9.17, 15) is 4.79 Å². The Labute approximate surface area is 182 Å². The zero-order valence-electron chi connectivity index (χ0n) is 15.3. The summed E-state index contributed by atoms with van der Waals surface area (Å²) in [6.07, 6.45) is 1.73. The van der Waals surface area contributed by atoms with Crippen molar-refractivity contribution in [2.45, 2.75) is 13.5 Å². The van der Waals surface area contributed by atoms with Gasteiger partial charge in [-0.2, -0.15) is 0 Å². The van der Waals surface area contributed by atoms with Crippen molar-refractivity contribution in [3.63, 3.8) is 0 Å². The summed E-state index contributed by atoms with van der Waals surface area (Å²) in [5, 5.41) is 3.99. The minimum atomic E-state index is -0.155. The molecule has 2 aromatic carbocycles. The van der Waals surface area contributed by atoms with Crippen molar-refractivity contribution in [3.05, 3.63) is 62.7 Å². The summed E-state index contributed by atoms with van der Waals surface area (Å²) in [5.74, 6) is 0.952. The van der Waals surface area contributed by atoms with Gasteiger partial charge in [0.25, 0.3) is 5.91 Å². The van der Waals surface area contributed by atoms with Crippen LogP contribution in [0.25, 0.3) is 6.08 Å². The van der Waals surface area contributed by atoms with E-state index in [0.717, 1.165) is 15.6 Å². The van der Waals surface area contributed by atoms with E-state index in [1.165, 1.54) is 4.90 Å². The molecule has 1 N–H and O–H groups in total. The van der Waals surface area contributed by atoms with E-state index in [0.29, 0.717) is 40.5 Å². The van der Waals surface area contributed by atoms with E-state index >= 15 is 0 Å². The molecule has 0 saturated carbocycles. The number of rotatable bonds is 6. The van der Waals surface area contributed by atoms with Crippen LogP contribution in [-0.2, 0) is 11.4 Å². The van der Waals surface area contributed by atoms with Crippen molar-refractivity contribution in [1.29, 1.82) is 0 Å². The number of hydrogen-bond donors (Lipinski definition) is 1. The molecule has 0 aromatic heterocycles. The molecule has 5 nitrogen and oxygen atoms in total. The second kappa shape index (κ2) is 8.94. The predicted octanol–water partition coefficient (Wildman–Crippen LogP) is 4.77. The molecule has 1 aliphatic rings. The predicted molar refractivity (Wildman–Crippen MR) is 118 cm³/mol. The molecule has 0 atom stereocenters. The normalized spacial score (nSPS) is 15.1. The van der Waals surface area contributed by atoms with E-state index < -0.39 is 0 Å². The number of thiocarbonyl (C=S) groups is 1. The minimum Gasteiger partial charge on any atom is -0.493 e. The zero-order chi connectivity index (χ0) is 20.3. The third kappa shape index (κ3) is 4.32. The molecule has 1 saturated heterocycles. The molecule has 1 aliphatic heterocycles. The molecule has 28 heavy (non-hydrogen) atoms. The molecule has 8 heteroatoms. The first-order chi connectivity index (χ1) is 13.4. The monoisotopic (exact) mass is 480 g/mol. The van der Waals surface area contributed by atoms with E-state index in [1.54, 1.807) is 25.3 Å². The van der Waals surface area contributed by atoms with Crippen LogP contribution in [0.5, 0.6) is 11.5 Å². The smallest absolute Gasteiger partial charge is 0.276 e. The Morgan fingerprint density at radius 3 is 2.68 bits per heavy atom. The number of methoxy groups -OCH3 is 1. The van der Waals surface area contributed by atoms with Crippen LogP contribution in [0.15, 0.2) is 46.6 Å². The molecule has 1 fully saturated rings. The maximum absolute atomic E-state index is 12.4. The topological polar surface area (TPSA) is 50.8 Å². The van der Waals surface area contributed by atoms with Crippen molar-refractivity contribution in [2.24, 2.45) is 0 Å². The Kier molecular flexibility index (Phi) is 6.59. The van der Waals surface area contributed by atoms with Crippen LogP contribution in [0.4, 0.5) is 0 Å². The van der Waals surface area contributed by atoms with Crippen molar-refractivity contribution >= 4 is 56.8 Å². The summed E-state index contributed by atoms with van der Waals surface area (Å²) < 4.78 is 12.1. The Bertz CT molecular complexity index is 964. The first-order valence-electron chi connectivity index (χ1n) is 8.52. The van der Waals surface area contributed by atoms with Gasteiger partial charge in [0.15, 0.2) is 16.6 Å². The summed E-state index contributed by atoms with van der Waals surface area (Å²) in [7, 11) is 1.56. The van der Waals surface area contributed by atoms with Crippen LogP contribution in [0.3, 0.4) is 0 Å². The lowest BCUT2D eigenvalue weighted by Gasteiger charge is -2.13. The Hall–Kier alpha value is -2.09. The number of benzene rings is 2. The fraction of sp³-hybridized carbons (Fsp3) is 0.200. The van der Waals surface area contributed by atoms with Gasteiger partial charge in [0.2, 0.25) is 0 Å². The molecule has 0 spiro atoms. The number of amides is 1. The Morgan fingerprint density at radius 2 is 2.04 bits per heavy atom. The van der Waals surface area contributed by atoms with Crippen molar-refractivity contribution in [3.8, 4) is 11.5 Å². The van der Waals surface area contributed by atoms with Gasteiger partial charge in [-0.05, 0) is 49.0 Å². The quantitative estimate of drug-likeness (QED) is 0.476. The van der Waals surface area contributed by atoms with Crippen LogP contribution in [0, 0.1) is 0 Å². The number of halogens is 2. The standard InChI is InChI=1S/C20H18BrClN2O3S/c1-3-24-19(25)16(23-20(24)28)8-13-9-17(26-2)18(10-14(13)21)27-11-12-6-4-5-7-15(12)22/h4-10H,3,11H2,1-2H3,(H,23,28)/b16-8-. The first kappa shape index (κ1) is 20.6. The van der Waals surface area contributed by atoms with Gasteiger partial charge in [-0.3, -0.25) is 9.69 Å². The highest BCUT2D eigenvalue weighted by Crippen LogP contribution is 2.35. The van der Waals surface area contributed by atoms with Gasteiger partial charge in [0.05, 0.1) is 7.11 Å². The number of carbonyl (C=O) groups is 1. The van der Waals surface area contributed by atoms with Crippen LogP contribution in [0.2, 0.25) is 5.02 Å². The van der Waals surface area contributed by atoms with Gasteiger partial charge in [-0.25, -0.2) is 0 Å². The molecule has 0 radical (unpaired) electrons. The van der Waals surface area contributed by atoms with Crippen LogP contribution in [-0.4, -0.2) is 29.6 Å². The second-order valence-electron chi connectivity index (χ2n) is 5.94. The summed E-state index contributed by atoms with van der Waals surface area (Å²) in [5.41, 5.74) is 2.06. The van der Waals surface area contributed by atoms with Gasteiger partial charge in [-0.15, -0.1) is 0 Å². The number of likely N-dealkylation sites (N-methyl/N-ethyl adjacent to an activating group) is 1. The molecule has 0 bridgehead atoms. The minimum absolute atomic E-state index is 0.155. The maximum atomic E-state index is 12.4. The number of hydrogen-bond acceptors (Lipinski definition) is 4. The highest BCUT2D eigenvalue weighted by molar-refractivity contribution is 9.10. The largest absolute Gasteiger partial charge is 0.493 e. The maximum Gasteiger partial charge on any atom is 0.276 e. The highest BCUT2D eigenvalue weighted by atomic mass is 79.9. The average molecular weight is 482 g/mol. The summed E-state index contributed by atoms with van der Waals surface area (Å²) >= 11 is 14.9. The van der Waals surface area contributed by atoms with E-state index in [4.69, 9.17) is 33.3 Å². The molecule has 3 rings (SSSR count). The molecule has 0 aliphatic carbocycles. The summed E-state index contributed by atoms with van der Waals surface area (Å²) in [6, 6.07) is 11.1. The molecule has 2 aromatic rings. The fourth-order valence-electron chi connectivity index (χ4n) is 2.72. The third-order valence-corrected chi connectivity index (χ3v) is 5.58. The van der Waals surface area contributed by atoms with Crippen LogP contribution in [0.1, 0.15) is 18.1 Å². The third-order valence-electron chi connectivity index (χ3n) is 4.20. The van der Waals surface area contributed by atoms with E-state index in [1.807, 2.05) is 31.2 Å².